The van der Waals surface area contributed by atoms with Gasteiger partial charge in [0.05, 0.1) is 0 Å². The molecule has 1 aliphatic rings. The molecule has 1 rings (SSSR count). The van der Waals surface area contributed by atoms with Gasteiger partial charge in [-0.05, 0) is 34.0 Å². The third kappa shape index (κ3) is 2.19. The van der Waals surface area contributed by atoms with Crippen molar-refractivity contribution in [1.82, 2.24) is 9.80 Å². The first-order chi connectivity index (χ1) is 5.65. The highest BCUT2D eigenvalue weighted by atomic mass is 15.2. The van der Waals surface area contributed by atoms with E-state index in [-0.39, 0.29) is 0 Å². The number of rotatable bonds is 3. The molecule has 2 N–H and O–H groups in total. The van der Waals surface area contributed by atoms with Gasteiger partial charge in [0.25, 0.3) is 0 Å². The Labute approximate surface area is 75.5 Å². The van der Waals surface area contributed by atoms with Crippen LogP contribution in [0.1, 0.15) is 13.3 Å². The van der Waals surface area contributed by atoms with Crippen LogP contribution in [0.4, 0.5) is 0 Å². The van der Waals surface area contributed by atoms with E-state index in [0.29, 0.717) is 12.1 Å². The molecule has 1 heterocycles. The standard InChI is InChI=1S/C9H21N3/c1-8(6-10)12(3)9-4-5-11(2)7-9/h8-9H,4-7,10H2,1-3H3. The van der Waals surface area contributed by atoms with Crippen molar-refractivity contribution in [2.45, 2.75) is 25.4 Å². The van der Waals surface area contributed by atoms with E-state index in [2.05, 4.69) is 30.8 Å². The number of hydrogen-bond donors (Lipinski definition) is 1. The molecule has 12 heavy (non-hydrogen) atoms. The van der Waals surface area contributed by atoms with Gasteiger partial charge in [-0.3, -0.25) is 4.90 Å². The van der Waals surface area contributed by atoms with Gasteiger partial charge in [-0.25, -0.2) is 0 Å². The summed E-state index contributed by atoms with van der Waals surface area (Å²) in [4.78, 5) is 4.79. The molecule has 0 amide bonds. The fourth-order valence-corrected chi connectivity index (χ4v) is 1.77. The fourth-order valence-electron chi connectivity index (χ4n) is 1.77. The van der Waals surface area contributed by atoms with Crippen LogP contribution in [0.3, 0.4) is 0 Å². The van der Waals surface area contributed by atoms with Crippen LogP contribution in [-0.2, 0) is 0 Å². The summed E-state index contributed by atoms with van der Waals surface area (Å²) >= 11 is 0. The minimum absolute atomic E-state index is 0.515. The zero-order valence-electron chi connectivity index (χ0n) is 8.45. The van der Waals surface area contributed by atoms with Gasteiger partial charge in [-0.15, -0.1) is 0 Å². The Bertz CT molecular complexity index is 138. The average molecular weight is 171 g/mol. The van der Waals surface area contributed by atoms with Gasteiger partial charge in [0.2, 0.25) is 0 Å². The summed E-state index contributed by atoms with van der Waals surface area (Å²) in [5.74, 6) is 0. The molecule has 0 radical (unpaired) electrons. The zero-order chi connectivity index (χ0) is 9.14. The van der Waals surface area contributed by atoms with Crippen molar-refractivity contribution in [3.8, 4) is 0 Å². The summed E-state index contributed by atoms with van der Waals surface area (Å²) in [6.07, 6.45) is 1.29. The Hall–Kier alpha value is -0.120. The van der Waals surface area contributed by atoms with Crippen molar-refractivity contribution in [3.63, 3.8) is 0 Å². The number of hydrogen-bond acceptors (Lipinski definition) is 3. The number of nitrogens with two attached hydrogens (primary N) is 1. The van der Waals surface area contributed by atoms with Crippen molar-refractivity contribution in [2.75, 3.05) is 33.7 Å². The van der Waals surface area contributed by atoms with Crippen molar-refractivity contribution in [1.29, 1.82) is 0 Å². The van der Waals surface area contributed by atoms with Crippen LogP contribution in [0, 0.1) is 0 Å². The SMILES string of the molecule is CC(CN)N(C)C1CCN(C)C1. The van der Waals surface area contributed by atoms with E-state index >= 15 is 0 Å². The summed E-state index contributed by atoms with van der Waals surface area (Å²) in [6.45, 7) is 5.38. The monoisotopic (exact) mass is 171 g/mol. The van der Waals surface area contributed by atoms with Crippen LogP contribution in [0.15, 0.2) is 0 Å². The Morgan fingerprint density at radius 3 is 2.75 bits per heavy atom. The third-order valence-electron chi connectivity index (χ3n) is 2.98. The van der Waals surface area contributed by atoms with E-state index < -0.39 is 0 Å². The zero-order valence-corrected chi connectivity index (χ0v) is 8.45. The lowest BCUT2D eigenvalue weighted by Crippen LogP contribution is -2.43. The maximum Gasteiger partial charge on any atom is 0.0235 e. The van der Waals surface area contributed by atoms with Gasteiger partial charge < -0.3 is 10.6 Å². The van der Waals surface area contributed by atoms with Gasteiger partial charge in [0.1, 0.15) is 0 Å². The molecule has 1 aliphatic heterocycles. The van der Waals surface area contributed by atoms with Crippen molar-refractivity contribution >= 4 is 0 Å². The Morgan fingerprint density at radius 1 is 1.67 bits per heavy atom. The molecule has 0 spiro atoms. The lowest BCUT2D eigenvalue weighted by molar-refractivity contribution is 0.190. The molecule has 3 heteroatoms. The van der Waals surface area contributed by atoms with E-state index in [9.17, 15) is 0 Å². The molecule has 1 saturated heterocycles. The van der Waals surface area contributed by atoms with Crippen molar-refractivity contribution in [3.05, 3.63) is 0 Å². The summed E-state index contributed by atoms with van der Waals surface area (Å²) in [5, 5.41) is 0. The Balaban J connectivity index is 2.37. The van der Waals surface area contributed by atoms with E-state index in [4.69, 9.17) is 5.73 Å². The number of nitrogens with zero attached hydrogens (tertiary/aromatic N) is 2. The predicted octanol–water partition coefficient (Wildman–Crippen LogP) is -0.0305. The summed E-state index contributed by atoms with van der Waals surface area (Å²) in [6, 6.07) is 1.23. The molecule has 0 saturated carbocycles. The van der Waals surface area contributed by atoms with Crippen LogP contribution in [0.5, 0.6) is 0 Å². The van der Waals surface area contributed by atoms with E-state index in [0.717, 1.165) is 6.54 Å². The second kappa shape index (κ2) is 4.21. The topological polar surface area (TPSA) is 32.5 Å². The molecule has 2 unspecified atom stereocenters. The smallest absolute Gasteiger partial charge is 0.0235 e. The average Bonchev–Trinajstić information content (AvgIpc) is 2.49. The second-order valence-electron chi connectivity index (χ2n) is 3.95. The highest BCUT2D eigenvalue weighted by molar-refractivity contribution is 4.82. The van der Waals surface area contributed by atoms with Crippen LogP contribution < -0.4 is 5.73 Å². The lowest BCUT2D eigenvalue weighted by atomic mass is 10.2. The molecular formula is C9H21N3. The molecule has 72 valence electrons. The van der Waals surface area contributed by atoms with Gasteiger partial charge in [-0.1, -0.05) is 0 Å². The van der Waals surface area contributed by atoms with Gasteiger partial charge >= 0.3 is 0 Å². The molecule has 0 aromatic heterocycles. The predicted molar refractivity (Wildman–Crippen MR) is 52.2 cm³/mol. The largest absolute Gasteiger partial charge is 0.329 e. The lowest BCUT2D eigenvalue weighted by Gasteiger charge is -2.29. The third-order valence-corrected chi connectivity index (χ3v) is 2.98. The first-order valence-corrected chi connectivity index (χ1v) is 4.75. The first-order valence-electron chi connectivity index (χ1n) is 4.75. The van der Waals surface area contributed by atoms with Crippen LogP contribution >= 0.6 is 0 Å². The maximum absolute atomic E-state index is 5.62. The van der Waals surface area contributed by atoms with Crippen LogP contribution in [-0.4, -0.2) is 55.6 Å². The quantitative estimate of drug-likeness (QED) is 0.647. The molecule has 0 aromatic rings. The second-order valence-corrected chi connectivity index (χ2v) is 3.95. The molecule has 0 bridgehead atoms. The molecule has 0 aromatic carbocycles. The Morgan fingerprint density at radius 2 is 2.33 bits per heavy atom. The minimum atomic E-state index is 0.515. The molecular weight excluding hydrogens is 150 g/mol. The Kier molecular flexibility index (Phi) is 3.50. The number of likely N-dealkylation sites (tertiary alicyclic amines) is 1. The highest BCUT2D eigenvalue weighted by Crippen LogP contribution is 2.14. The summed E-state index contributed by atoms with van der Waals surface area (Å²) in [7, 11) is 4.36. The molecule has 3 nitrogen and oxygen atoms in total. The van der Waals surface area contributed by atoms with Crippen LogP contribution in [0.25, 0.3) is 0 Å². The normalized spacial score (nSPS) is 28.2. The van der Waals surface area contributed by atoms with Crippen molar-refractivity contribution < 1.29 is 0 Å². The van der Waals surface area contributed by atoms with Crippen molar-refractivity contribution in [2.24, 2.45) is 5.73 Å². The molecule has 0 aliphatic carbocycles. The molecule has 1 fully saturated rings. The van der Waals surface area contributed by atoms with Gasteiger partial charge in [0.15, 0.2) is 0 Å². The summed E-state index contributed by atoms with van der Waals surface area (Å²) < 4.78 is 0. The fraction of sp³-hybridized carbons (Fsp3) is 1.00. The van der Waals surface area contributed by atoms with E-state index in [1.165, 1.54) is 19.5 Å². The first kappa shape index (κ1) is 9.96. The van der Waals surface area contributed by atoms with Crippen LogP contribution in [0.2, 0.25) is 0 Å². The minimum Gasteiger partial charge on any atom is -0.329 e. The van der Waals surface area contributed by atoms with E-state index in [1.54, 1.807) is 0 Å². The van der Waals surface area contributed by atoms with E-state index in [1.807, 2.05) is 0 Å². The maximum atomic E-state index is 5.62. The molecule has 2 atom stereocenters. The highest BCUT2D eigenvalue weighted by Gasteiger charge is 2.25. The number of likely N-dealkylation sites (N-methyl/N-ethyl adjacent to an activating group) is 2. The van der Waals surface area contributed by atoms with Gasteiger partial charge in [-0.2, -0.15) is 0 Å². The summed E-state index contributed by atoms with van der Waals surface area (Å²) in [5.41, 5.74) is 5.62. The van der Waals surface area contributed by atoms with Gasteiger partial charge in [0, 0.05) is 25.2 Å².